The van der Waals surface area contributed by atoms with Crippen LogP contribution in [0.15, 0.2) is 36.5 Å². The van der Waals surface area contributed by atoms with E-state index in [9.17, 15) is 15.0 Å². The van der Waals surface area contributed by atoms with Crippen LogP contribution in [0.4, 0.5) is 0 Å². The molecule has 0 heterocycles. The summed E-state index contributed by atoms with van der Waals surface area (Å²) >= 11 is 0. The molecule has 0 rings (SSSR count). The standard InChI is InChI=1S/C61H117NO3/c1-3-5-7-9-11-13-15-17-19-20-21-22-23-24-25-26-27-28-29-30-31-32-33-34-35-36-37-38-39-40-41-42-43-45-47-49-51-53-55-57-61(65)62-59(58-63)60(64)56-54-52-50-48-46-44-18-16-14-12-10-8-6-4-2/h15,17,20-21,54,56,59-60,63-64H,3-14,16,18-19,22-53,55,57-58H2,1-2H3,(H,62,65)/b17-15-,21-20-,56-54+. The highest BCUT2D eigenvalue weighted by molar-refractivity contribution is 5.76. The highest BCUT2D eigenvalue weighted by Gasteiger charge is 2.18. The highest BCUT2D eigenvalue weighted by Crippen LogP contribution is 2.18. The Kier molecular flexibility index (Phi) is 55.7. The SMILES string of the molecule is CCCCCCC/C=C\C/C=C\CCCCCCCCCCCCCCCCCCCCCCCCCCCCCC(=O)NC(CO)C(O)/C=C/CCCCCCCCCCCCCC. The molecule has 0 aromatic rings. The van der Waals surface area contributed by atoms with E-state index in [1.165, 1.54) is 276 Å². The summed E-state index contributed by atoms with van der Waals surface area (Å²) in [7, 11) is 0. The van der Waals surface area contributed by atoms with Gasteiger partial charge >= 0.3 is 0 Å². The summed E-state index contributed by atoms with van der Waals surface area (Å²) in [4.78, 5) is 12.4. The summed E-state index contributed by atoms with van der Waals surface area (Å²) in [6.45, 7) is 4.32. The van der Waals surface area contributed by atoms with Gasteiger partial charge in [0.15, 0.2) is 0 Å². The van der Waals surface area contributed by atoms with Crippen LogP contribution in [-0.4, -0.2) is 34.9 Å². The second-order valence-electron chi connectivity index (χ2n) is 20.4. The monoisotopic (exact) mass is 912 g/mol. The van der Waals surface area contributed by atoms with Crippen molar-refractivity contribution < 1.29 is 15.0 Å². The van der Waals surface area contributed by atoms with Crippen molar-refractivity contribution in [1.82, 2.24) is 5.32 Å². The molecule has 0 aliphatic heterocycles. The second-order valence-corrected chi connectivity index (χ2v) is 20.4. The molecule has 65 heavy (non-hydrogen) atoms. The van der Waals surface area contributed by atoms with Crippen LogP contribution >= 0.6 is 0 Å². The first-order valence-electron chi connectivity index (χ1n) is 29.7. The third-order valence-corrected chi connectivity index (χ3v) is 13.9. The number of nitrogens with one attached hydrogen (secondary N) is 1. The van der Waals surface area contributed by atoms with E-state index in [4.69, 9.17) is 0 Å². The Morgan fingerprint density at radius 1 is 0.369 bits per heavy atom. The number of aliphatic hydroxyl groups excluding tert-OH is 2. The number of rotatable bonds is 55. The Morgan fingerprint density at radius 3 is 0.923 bits per heavy atom. The van der Waals surface area contributed by atoms with Crippen LogP contribution in [-0.2, 0) is 4.79 Å². The van der Waals surface area contributed by atoms with E-state index in [1.807, 2.05) is 6.08 Å². The molecule has 384 valence electrons. The maximum absolute atomic E-state index is 12.4. The van der Waals surface area contributed by atoms with E-state index < -0.39 is 12.1 Å². The van der Waals surface area contributed by atoms with Gasteiger partial charge in [-0.15, -0.1) is 0 Å². The van der Waals surface area contributed by atoms with E-state index in [-0.39, 0.29) is 12.5 Å². The quantitative estimate of drug-likeness (QED) is 0.0421. The molecule has 2 atom stereocenters. The van der Waals surface area contributed by atoms with Crippen LogP contribution in [0.5, 0.6) is 0 Å². The fraction of sp³-hybridized carbons (Fsp3) is 0.885. The van der Waals surface area contributed by atoms with Gasteiger partial charge in [-0.1, -0.05) is 307 Å². The predicted octanol–water partition coefficient (Wildman–Crippen LogP) is 19.6. The summed E-state index contributed by atoms with van der Waals surface area (Å²) < 4.78 is 0. The zero-order valence-electron chi connectivity index (χ0n) is 44.3. The summed E-state index contributed by atoms with van der Waals surface area (Å²) in [5, 5.41) is 23.1. The third kappa shape index (κ3) is 53.4. The third-order valence-electron chi connectivity index (χ3n) is 13.9. The number of allylic oxidation sites excluding steroid dienone is 5. The van der Waals surface area contributed by atoms with Crippen molar-refractivity contribution in [3.63, 3.8) is 0 Å². The van der Waals surface area contributed by atoms with Crippen LogP contribution in [0.1, 0.15) is 328 Å². The minimum absolute atomic E-state index is 0.0583. The zero-order chi connectivity index (χ0) is 47.0. The smallest absolute Gasteiger partial charge is 0.220 e. The van der Waals surface area contributed by atoms with Gasteiger partial charge in [0.25, 0.3) is 0 Å². The molecular weight excluding hydrogens is 795 g/mol. The first-order chi connectivity index (χ1) is 32.2. The number of unbranched alkanes of at least 4 members (excludes halogenated alkanes) is 44. The van der Waals surface area contributed by atoms with Crippen molar-refractivity contribution in [3.8, 4) is 0 Å². The van der Waals surface area contributed by atoms with Crippen molar-refractivity contribution >= 4 is 5.91 Å². The molecule has 0 aromatic heterocycles. The number of aliphatic hydroxyl groups is 2. The van der Waals surface area contributed by atoms with Crippen LogP contribution in [0.2, 0.25) is 0 Å². The minimum atomic E-state index is -0.836. The first-order valence-corrected chi connectivity index (χ1v) is 29.7. The maximum atomic E-state index is 12.4. The molecule has 0 bridgehead atoms. The van der Waals surface area contributed by atoms with Crippen LogP contribution in [0.3, 0.4) is 0 Å². The molecule has 4 nitrogen and oxygen atoms in total. The average molecular weight is 913 g/mol. The lowest BCUT2D eigenvalue weighted by atomic mass is 10.0. The van der Waals surface area contributed by atoms with Gasteiger partial charge in [0.2, 0.25) is 5.91 Å². The van der Waals surface area contributed by atoms with E-state index in [0.717, 1.165) is 32.1 Å². The predicted molar refractivity (Wildman–Crippen MR) is 290 cm³/mol. The van der Waals surface area contributed by atoms with Crippen LogP contribution < -0.4 is 5.32 Å². The molecular formula is C61H117NO3. The van der Waals surface area contributed by atoms with Crippen molar-refractivity contribution in [2.75, 3.05) is 6.61 Å². The fourth-order valence-electron chi connectivity index (χ4n) is 9.33. The lowest BCUT2D eigenvalue weighted by Crippen LogP contribution is -2.45. The summed E-state index contributed by atoms with van der Waals surface area (Å²) in [5.41, 5.74) is 0. The zero-order valence-corrected chi connectivity index (χ0v) is 44.3. The number of hydrogen-bond acceptors (Lipinski definition) is 3. The van der Waals surface area contributed by atoms with Gasteiger partial charge in [-0.2, -0.15) is 0 Å². The average Bonchev–Trinajstić information content (AvgIpc) is 3.31. The molecule has 1 amide bonds. The molecule has 2 unspecified atom stereocenters. The van der Waals surface area contributed by atoms with Gasteiger partial charge in [0.05, 0.1) is 18.8 Å². The van der Waals surface area contributed by atoms with E-state index in [0.29, 0.717) is 6.42 Å². The molecule has 0 fully saturated rings. The molecule has 4 heteroatoms. The van der Waals surface area contributed by atoms with E-state index >= 15 is 0 Å². The van der Waals surface area contributed by atoms with Crippen molar-refractivity contribution in [2.45, 2.75) is 341 Å². The molecule has 3 N–H and O–H groups in total. The van der Waals surface area contributed by atoms with Crippen molar-refractivity contribution in [2.24, 2.45) is 0 Å². The van der Waals surface area contributed by atoms with Crippen molar-refractivity contribution in [1.29, 1.82) is 0 Å². The van der Waals surface area contributed by atoms with E-state index in [1.54, 1.807) is 6.08 Å². The molecule has 0 radical (unpaired) electrons. The molecule has 0 spiro atoms. The van der Waals surface area contributed by atoms with Gasteiger partial charge in [0.1, 0.15) is 0 Å². The topological polar surface area (TPSA) is 69.6 Å². The first kappa shape index (κ1) is 63.6. The Bertz CT molecular complexity index is 989. The lowest BCUT2D eigenvalue weighted by Gasteiger charge is -2.20. The molecule has 0 aromatic carbocycles. The number of hydrogen-bond donors (Lipinski definition) is 3. The van der Waals surface area contributed by atoms with Crippen LogP contribution in [0, 0.1) is 0 Å². The summed E-state index contributed by atoms with van der Waals surface area (Å²) in [5.74, 6) is -0.0583. The maximum Gasteiger partial charge on any atom is 0.220 e. The molecule has 0 saturated carbocycles. The second kappa shape index (κ2) is 56.9. The Morgan fingerprint density at radius 2 is 0.631 bits per heavy atom. The Hall–Kier alpha value is -1.39. The normalized spacial score (nSPS) is 13.0. The molecule has 0 saturated heterocycles. The van der Waals surface area contributed by atoms with Gasteiger partial charge in [0, 0.05) is 6.42 Å². The van der Waals surface area contributed by atoms with Gasteiger partial charge in [-0.05, 0) is 51.4 Å². The molecule has 0 aliphatic carbocycles. The van der Waals surface area contributed by atoms with E-state index in [2.05, 4.69) is 43.5 Å². The van der Waals surface area contributed by atoms with Gasteiger partial charge in [-0.3, -0.25) is 4.79 Å². The highest BCUT2D eigenvalue weighted by atomic mass is 16.3. The number of carbonyl (C=O) groups is 1. The van der Waals surface area contributed by atoms with Gasteiger partial charge < -0.3 is 15.5 Å². The summed E-state index contributed by atoms with van der Waals surface area (Å²) in [6.07, 6.45) is 77.6. The Balaban J connectivity index is 3.37. The lowest BCUT2D eigenvalue weighted by molar-refractivity contribution is -0.123. The summed E-state index contributed by atoms with van der Waals surface area (Å²) in [6, 6.07) is -0.619. The Labute approximate surface area is 408 Å². The number of carbonyl (C=O) groups excluding carboxylic acids is 1. The number of amides is 1. The van der Waals surface area contributed by atoms with Crippen LogP contribution in [0.25, 0.3) is 0 Å². The van der Waals surface area contributed by atoms with Crippen molar-refractivity contribution in [3.05, 3.63) is 36.5 Å². The fourth-order valence-corrected chi connectivity index (χ4v) is 9.33. The molecule has 0 aliphatic rings. The minimum Gasteiger partial charge on any atom is -0.394 e. The van der Waals surface area contributed by atoms with Gasteiger partial charge in [-0.25, -0.2) is 0 Å². The largest absolute Gasteiger partial charge is 0.394 e.